The summed E-state index contributed by atoms with van der Waals surface area (Å²) < 4.78 is 8.60. The number of pyridine rings is 1. The third-order valence-corrected chi connectivity index (χ3v) is 5.09. The average molecular weight is 355 g/mol. The minimum absolute atomic E-state index is 0.489. The minimum atomic E-state index is 0.489. The molecule has 0 aliphatic heterocycles. The summed E-state index contributed by atoms with van der Waals surface area (Å²) in [5, 5.41) is 11.6. The molecule has 4 rings (SSSR count). The van der Waals surface area contributed by atoms with Gasteiger partial charge in [0, 0.05) is 22.9 Å². The fourth-order valence-corrected chi connectivity index (χ4v) is 3.87. The highest BCUT2D eigenvalue weighted by atomic mass is 16.3. The van der Waals surface area contributed by atoms with Crippen LogP contribution < -0.4 is 4.57 Å². The largest absolute Gasteiger partial charge is 0.455 e. The fraction of sp³-hybridized carbons (Fsp3) is 0.250. The van der Waals surface area contributed by atoms with Crippen molar-refractivity contribution in [2.45, 2.75) is 27.2 Å². The Morgan fingerprint density at radius 3 is 2.59 bits per heavy atom. The van der Waals surface area contributed by atoms with Crippen molar-refractivity contribution in [2.75, 3.05) is 0 Å². The van der Waals surface area contributed by atoms with E-state index in [2.05, 4.69) is 49.6 Å². The van der Waals surface area contributed by atoms with Crippen LogP contribution >= 0.6 is 0 Å². The van der Waals surface area contributed by atoms with Crippen LogP contribution in [-0.4, -0.2) is 0 Å². The molecule has 0 N–H and O–H groups in total. The van der Waals surface area contributed by atoms with Crippen LogP contribution in [0.2, 0.25) is 0 Å². The Labute approximate surface area is 159 Å². The van der Waals surface area contributed by atoms with Gasteiger partial charge in [-0.3, -0.25) is 0 Å². The molecule has 3 nitrogen and oxygen atoms in total. The van der Waals surface area contributed by atoms with E-state index in [0.717, 1.165) is 45.2 Å². The number of fused-ring (bicyclic) bond motifs is 3. The summed E-state index contributed by atoms with van der Waals surface area (Å²) in [4.78, 5) is 0. The Bertz CT molecular complexity index is 1210. The lowest BCUT2D eigenvalue weighted by molar-refractivity contribution is -0.660. The number of aryl methyl sites for hydroxylation is 2. The van der Waals surface area contributed by atoms with Crippen LogP contribution in [0.15, 0.2) is 53.1 Å². The van der Waals surface area contributed by atoms with Crippen LogP contribution in [0.3, 0.4) is 0 Å². The van der Waals surface area contributed by atoms with Gasteiger partial charge in [-0.15, -0.1) is 0 Å². The molecule has 0 saturated carbocycles. The number of benzene rings is 2. The second-order valence-corrected chi connectivity index (χ2v) is 7.65. The van der Waals surface area contributed by atoms with E-state index in [1.54, 1.807) is 0 Å². The van der Waals surface area contributed by atoms with Crippen molar-refractivity contribution in [3.05, 3.63) is 65.4 Å². The maximum Gasteiger partial charge on any atom is 0.216 e. The molecular formula is C24H23N2O+. The fourth-order valence-electron chi connectivity index (χ4n) is 3.87. The standard InChI is InChI=1S/C24H23N2O/c1-15(2)11-18-12-17(14-25)13-20-19-9-8-16(3)22(24(19)27-23(18)20)21-7-5-6-10-26(21)4/h5-10,12-13,15H,11H2,1-4H3/q+1. The Kier molecular flexibility index (Phi) is 4.20. The van der Waals surface area contributed by atoms with Gasteiger partial charge in [0.1, 0.15) is 18.2 Å². The quantitative estimate of drug-likeness (QED) is 0.458. The summed E-state index contributed by atoms with van der Waals surface area (Å²) in [6.45, 7) is 6.49. The molecule has 3 heteroatoms. The lowest BCUT2D eigenvalue weighted by atomic mass is 9.97. The molecule has 0 atom stereocenters. The van der Waals surface area contributed by atoms with E-state index in [1.165, 1.54) is 5.56 Å². The summed E-state index contributed by atoms with van der Waals surface area (Å²) >= 11 is 0. The molecule has 0 unspecified atom stereocenters. The maximum atomic E-state index is 9.49. The minimum Gasteiger partial charge on any atom is -0.455 e. The maximum absolute atomic E-state index is 9.49. The summed E-state index contributed by atoms with van der Waals surface area (Å²) in [6.07, 6.45) is 2.94. The smallest absolute Gasteiger partial charge is 0.216 e. The first-order valence-electron chi connectivity index (χ1n) is 9.33. The van der Waals surface area contributed by atoms with Crippen molar-refractivity contribution >= 4 is 21.9 Å². The lowest BCUT2D eigenvalue weighted by Crippen LogP contribution is -2.30. The van der Waals surface area contributed by atoms with Gasteiger partial charge in [-0.1, -0.05) is 26.0 Å². The average Bonchev–Trinajstić information content (AvgIpc) is 3.01. The van der Waals surface area contributed by atoms with Gasteiger partial charge in [0.05, 0.1) is 17.2 Å². The molecule has 0 aliphatic carbocycles. The molecular weight excluding hydrogens is 332 g/mol. The zero-order chi connectivity index (χ0) is 19.1. The van der Waals surface area contributed by atoms with E-state index in [9.17, 15) is 5.26 Å². The van der Waals surface area contributed by atoms with Gasteiger partial charge in [-0.25, -0.2) is 4.57 Å². The Balaban J connectivity index is 2.12. The zero-order valence-electron chi connectivity index (χ0n) is 16.2. The van der Waals surface area contributed by atoms with Crippen LogP contribution in [0.4, 0.5) is 0 Å². The Morgan fingerprint density at radius 2 is 1.89 bits per heavy atom. The van der Waals surface area contributed by atoms with Gasteiger partial charge in [-0.2, -0.15) is 5.26 Å². The number of hydrogen-bond donors (Lipinski definition) is 0. The van der Waals surface area contributed by atoms with Gasteiger partial charge >= 0.3 is 0 Å². The van der Waals surface area contributed by atoms with Crippen LogP contribution in [-0.2, 0) is 13.5 Å². The highest BCUT2D eigenvalue weighted by Gasteiger charge is 2.21. The second kappa shape index (κ2) is 6.55. The van der Waals surface area contributed by atoms with Crippen molar-refractivity contribution in [3.8, 4) is 17.3 Å². The highest BCUT2D eigenvalue weighted by Crippen LogP contribution is 2.38. The molecule has 134 valence electrons. The Hall–Kier alpha value is -3.12. The summed E-state index contributed by atoms with van der Waals surface area (Å²) in [5.41, 5.74) is 7.00. The van der Waals surface area contributed by atoms with Crippen molar-refractivity contribution in [1.29, 1.82) is 5.26 Å². The van der Waals surface area contributed by atoms with Crippen LogP contribution in [0.25, 0.3) is 33.2 Å². The highest BCUT2D eigenvalue weighted by molar-refractivity contribution is 6.10. The number of nitriles is 1. The predicted molar refractivity (Wildman–Crippen MR) is 108 cm³/mol. The van der Waals surface area contributed by atoms with Crippen molar-refractivity contribution in [3.63, 3.8) is 0 Å². The third kappa shape index (κ3) is 2.88. The molecule has 27 heavy (non-hydrogen) atoms. The first-order valence-corrected chi connectivity index (χ1v) is 9.33. The lowest BCUT2D eigenvalue weighted by Gasteiger charge is -2.06. The number of hydrogen-bond acceptors (Lipinski definition) is 2. The first-order chi connectivity index (χ1) is 13.0. The molecule has 0 amide bonds. The summed E-state index contributed by atoms with van der Waals surface area (Å²) in [6, 6.07) is 16.7. The van der Waals surface area contributed by atoms with E-state index >= 15 is 0 Å². The van der Waals surface area contributed by atoms with E-state index < -0.39 is 0 Å². The van der Waals surface area contributed by atoms with Gasteiger partial charge in [-0.05, 0) is 48.6 Å². The predicted octanol–water partition coefficient (Wildman–Crippen LogP) is 5.46. The van der Waals surface area contributed by atoms with E-state index in [1.807, 2.05) is 37.5 Å². The molecule has 2 aromatic carbocycles. The molecule has 0 bridgehead atoms. The van der Waals surface area contributed by atoms with Gasteiger partial charge < -0.3 is 4.42 Å². The van der Waals surface area contributed by atoms with Crippen molar-refractivity contribution in [2.24, 2.45) is 13.0 Å². The van der Waals surface area contributed by atoms with Crippen LogP contribution in [0.1, 0.15) is 30.5 Å². The topological polar surface area (TPSA) is 40.8 Å². The van der Waals surface area contributed by atoms with Crippen molar-refractivity contribution < 1.29 is 8.98 Å². The molecule has 2 heterocycles. The number of nitrogens with zero attached hydrogens (tertiary/aromatic N) is 2. The monoisotopic (exact) mass is 355 g/mol. The molecule has 2 aromatic heterocycles. The molecule has 0 aliphatic rings. The molecule has 0 radical (unpaired) electrons. The van der Waals surface area contributed by atoms with E-state index in [4.69, 9.17) is 4.42 Å². The molecule has 4 aromatic rings. The summed E-state index contributed by atoms with van der Waals surface area (Å²) in [7, 11) is 2.05. The van der Waals surface area contributed by atoms with Gasteiger partial charge in [0.25, 0.3) is 0 Å². The third-order valence-electron chi connectivity index (χ3n) is 5.09. The van der Waals surface area contributed by atoms with Crippen LogP contribution in [0, 0.1) is 24.2 Å². The SMILES string of the molecule is Cc1ccc2c(oc3c(CC(C)C)cc(C#N)cc32)c1-c1cccc[n+]1C. The summed E-state index contributed by atoms with van der Waals surface area (Å²) in [5.74, 6) is 0.489. The number of furan rings is 1. The van der Waals surface area contributed by atoms with E-state index in [-0.39, 0.29) is 0 Å². The Morgan fingerprint density at radius 1 is 1.07 bits per heavy atom. The first kappa shape index (κ1) is 17.3. The second-order valence-electron chi connectivity index (χ2n) is 7.65. The molecule has 0 spiro atoms. The number of rotatable bonds is 3. The normalized spacial score (nSPS) is 11.4. The van der Waals surface area contributed by atoms with E-state index in [0.29, 0.717) is 11.5 Å². The van der Waals surface area contributed by atoms with Gasteiger partial charge in [0.15, 0.2) is 6.20 Å². The molecule has 0 saturated heterocycles. The number of aromatic nitrogens is 1. The van der Waals surface area contributed by atoms with Gasteiger partial charge in [0.2, 0.25) is 5.69 Å². The molecule has 0 fully saturated rings. The van der Waals surface area contributed by atoms with Crippen LogP contribution in [0.5, 0.6) is 0 Å². The van der Waals surface area contributed by atoms with Crippen molar-refractivity contribution in [1.82, 2.24) is 0 Å². The zero-order valence-corrected chi connectivity index (χ0v) is 16.2.